The number of nitrogens with zero attached hydrogens (tertiary/aromatic N) is 2. The molecule has 1 aliphatic heterocycles. The van der Waals surface area contributed by atoms with Gasteiger partial charge in [-0.1, -0.05) is 6.92 Å². The maximum absolute atomic E-state index is 12.1. The molecule has 1 aromatic rings. The standard InChI is InChI=1S/C13H21N3O3/c1-4-9-6-14-12(19-9)7-15-13(17)11-5-10(18-3)8-16(11)2/h6,10-11H,4-5,7-8H2,1-3H3,(H,15,17)/t10-,11-/m0/s1. The minimum absolute atomic E-state index is 0.00158. The van der Waals surface area contributed by atoms with Crippen LogP contribution in [0, 0.1) is 0 Å². The van der Waals surface area contributed by atoms with E-state index in [4.69, 9.17) is 9.15 Å². The molecule has 0 unspecified atom stereocenters. The molecule has 6 nitrogen and oxygen atoms in total. The van der Waals surface area contributed by atoms with Gasteiger partial charge in [-0.25, -0.2) is 4.98 Å². The van der Waals surface area contributed by atoms with Gasteiger partial charge in [0.2, 0.25) is 11.8 Å². The number of likely N-dealkylation sites (tertiary alicyclic amines) is 1. The first kappa shape index (κ1) is 14.0. The van der Waals surface area contributed by atoms with Gasteiger partial charge in [-0.3, -0.25) is 9.69 Å². The van der Waals surface area contributed by atoms with Gasteiger partial charge < -0.3 is 14.5 Å². The Hall–Kier alpha value is -1.40. The Morgan fingerprint density at radius 2 is 2.47 bits per heavy atom. The third-order valence-electron chi connectivity index (χ3n) is 3.51. The zero-order valence-electron chi connectivity index (χ0n) is 11.7. The molecule has 1 aliphatic rings. The SMILES string of the molecule is CCc1cnc(CNC(=O)[C@@H]2C[C@H](OC)CN2C)o1. The van der Waals surface area contributed by atoms with Gasteiger partial charge in [0.05, 0.1) is 24.9 Å². The number of methoxy groups -OCH3 is 1. The van der Waals surface area contributed by atoms with E-state index in [9.17, 15) is 4.79 Å². The van der Waals surface area contributed by atoms with Gasteiger partial charge in [0, 0.05) is 20.1 Å². The van der Waals surface area contributed by atoms with Crippen molar-refractivity contribution in [2.45, 2.75) is 38.5 Å². The zero-order chi connectivity index (χ0) is 13.8. The summed E-state index contributed by atoms with van der Waals surface area (Å²) in [5, 5.41) is 2.86. The van der Waals surface area contributed by atoms with Crippen molar-refractivity contribution in [3.8, 4) is 0 Å². The Morgan fingerprint density at radius 1 is 1.68 bits per heavy atom. The molecule has 0 aliphatic carbocycles. The molecule has 1 N–H and O–H groups in total. The van der Waals surface area contributed by atoms with Crippen LogP contribution in [0.25, 0.3) is 0 Å². The second-order valence-electron chi connectivity index (χ2n) is 4.84. The summed E-state index contributed by atoms with van der Waals surface area (Å²) in [5.74, 6) is 1.38. The van der Waals surface area contributed by atoms with E-state index in [1.807, 2.05) is 18.9 Å². The molecule has 1 fully saturated rings. The molecule has 6 heteroatoms. The fourth-order valence-corrected chi connectivity index (χ4v) is 2.30. The van der Waals surface area contributed by atoms with E-state index in [1.54, 1.807) is 13.3 Å². The van der Waals surface area contributed by atoms with Crippen molar-refractivity contribution in [1.29, 1.82) is 0 Å². The number of amides is 1. The molecule has 1 amide bonds. The number of carbonyl (C=O) groups excluding carboxylic acids is 1. The molecule has 2 heterocycles. The van der Waals surface area contributed by atoms with Crippen molar-refractivity contribution in [1.82, 2.24) is 15.2 Å². The van der Waals surface area contributed by atoms with E-state index in [0.717, 1.165) is 25.1 Å². The fourth-order valence-electron chi connectivity index (χ4n) is 2.30. The summed E-state index contributed by atoms with van der Waals surface area (Å²) >= 11 is 0. The molecule has 0 aromatic carbocycles. The average molecular weight is 267 g/mol. The first-order valence-corrected chi connectivity index (χ1v) is 6.58. The van der Waals surface area contributed by atoms with E-state index in [2.05, 4.69) is 10.3 Å². The van der Waals surface area contributed by atoms with Crippen molar-refractivity contribution in [3.63, 3.8) is 0 Å². The summed E-state index contributed by atoms with van der Waals surface area (Å²) in [6, 6.07) is -0.134. The van der Waals surface area contributed by atoms with Gasteiger partial charge in [-0.2, -0.15) is 0 Å². The van der Waals surface area contributed by atoms with Crippen LogP contribution in [0.2, 0.25) is 0 Å². The van der Waals surface area contributed by atoms with Crippen LogP contribution in [0.4, 0.5) is 0 Å². The molecule has 106 valence electrons. The van der Waals surface area contributed by atoms with Crippen molar-refractivity contribution in [2.75, 3.05) is 20.7 Å². The summed E-state index contributed by atoms with van der Waals surface area (Å²) in [7, 11) is 3.61. The van der Waals surface area contributed by atoms with E-state index < -0.39 is 0 Å². The van der Waals surface area contributed by atoms with Gasteiger partial charge >= 0.3 is 0 Å². The van der Waals surface area contributed by atoms with Crippen LogP contribution < -0.4 is 5.32 Å². The lowest BCUT2D eigenvalue weighted by atomic mass is 10.2. The van der Waals surface area contributed by atoms with E-state index in [-0.39, 0.29) is 18.1 Å². The minimum atomic E-state index is -0.134. The summed E-state index contributed by atoms with van der Waals surface area (Å²) in [6.45, 7) is 3.12. The number of rotatable bonds is 5. The highest BCUT2D eigenvalue weighted by atomic mass is 16.5. The molecular formula is C13H21N3O3. The number of ether oxygens (including phenoxy) is 1. The molecule has 19 heavy (non-hydrogen) atoms. The number of likely N-dealkylation sites (N-methyl/N-ethyl adjacent to an activating group) is 1. The van der Waals surface area contributed by atoms with E-state index in [1.165, 1.54) is 0 Å². The third-order valence-corrected chi connectivity index (χ3v) is 3.51. The highest BCUT2D eigenvalue weighted by Crippen LogP contribution is 2.18. The normalized spacial score (nSPS) is 23.7. The van der Waals surface area contributed by atoms with Gasteiger partial charge in [-0.05, 0) is 13.5 Å². The topological polar surface area (TPSA) is 67.6 Å². The fraction of sp³-hybridized carbons (Fsp3) is 0.692. The Kier molecular flexibility index (Phi) is 4.55. The van der Waals surface area contributed by atoms with Crippen molar-refractivity contribution >= 4 is 5.91 Å². The van der Waals surface area contributed by atoms with Gasteiger partial charge in [0.25, 0.3) is 0 Å². The van der Waals surface area contributed by atoms with Crippen LogP contribution in [-0.4, -0.2) is 48.6 Å². The third kappa shape index (κ3) is 3.33. The van der Waals surface area contributed by atoms with E-state index in [0.29, 0.717) is 12.4 Å². The first-order chi connectivity index (χ1) is 9.13. The number of hydrogen-bond acceptors (Lipinski definition) is 5. The predicted molar refractivity (Wildman–Crippen MR) is 69.6 cm³/mol. The van der Waals surface area contributed by atoms with Crippen LogP contribution in [0.15, 0.2) is 10.6 Å². The number of aromatic nitrogens is 1. The maximum Gasteiger partial charge on any atom is 0.237 e. The molecule has 1 aromatic heterocycles. The lowest BCUT2D eigenvalue weighted by Gasteiger charge is -2.17. The summed E-state index contributed by atoms with van der Waals surface area (Å²) in [5.41, 5.74) is 0. The van der Waals surface area contributed by atoms with Crippen molar-refractivity contribution in [3.05, 3.63) is 17.8 Å². The number of aryl methyl sites for hydroxylation is 1. The van der Waals surface area contributed by atoms with Gasteiger partial charge in [0.15, 0.2) is 0 Å². The van der Waals surface area contributed by atoms with Crippen LogP contribution in [0.3, 0.4) is 0 Å². The lowest BCUT2D eigenvalue weighted by Crippen LogP contribution is -2.41. The van der Waals surface area contributed by atoms with Crippen LogP contribution in [0.5, 0.6) is 0 Å². The Morgan fingerprint density at radius 3 is 3.05 bits per heavy atom. The largest absolute Gasteiger partial charge is 0.444 e. The molecule has 1 saturated heterocycles. The maximum atomic E-state index is 12.1. The Labute approximate surface area is 113 Å². The van der Waals surface area contributed by atoms with Crippen LogP contribution in [0.1, 0.15) is 25.0 Å². The zero-order valence-corrected chi connectivity index (χ0v) is 11.7. The van der Waals surface area contributed by atoms with Gasteiger partial charge in [0.1, 0.15) is 5.76 Å². The summed E-state index contributed by atoms with van der Waals surface area (Å²) in [4.78, 5) is 18.2. The van der Waals surface area contributed by atoms with Crippen molar-refractivity contribution in [2.24, 2.45) is 0 Å². The second kappa shape index (κ2) is 6.16. The predicted octanol–water partition coefficient (Wildman–Crippen LogP) is 0.572. The summed E-state index contributed by atoms with van der Waals surface area (Å²) < 4.78 is 10.7. The Balaban J connectivity index is 1.84. The smallest absolute Gasteiger partial charge is 0.237 e. The van der Waals surface area contributed by atoms with E-state index >= 15 is 0 Å². The highest BCUT2D eigenvalue weighted by molar-refractivity contribution is 5.82. The number of carbonyl (C=O) groups is 1. The molecule has 0 radical (unpaired) electrons. The van der Waals surface area contributed by atoms with Crippen molar-refractivity contribution < 1.29 is 13.9 Å². The number of nitrogens with one attached hydrogen (secondary N) is 1. The average Bonchev–Trinajstić information content (AvgIpc) is 3.02. The number of oxazole rings is 1. The summed E-state index contributed by atoms with van der Waals surface area (Å²) in [6.07, 6.45) is 3.37. The number of hydrogen-bond donors (Lipinski definition) is 1. The molecule has 2 rings (SSSR count). The van der Waals surface area contributed by atoms with Gasteiger partial charge in [-0.15, -0.1) is 0 Å². The second-order valence-corrected chi connectivity index (χ2v) is 4.84. The highest BCUT2D eigenvalue weighted by Gasteiger charge is 2.34. The minimum Gasteiger partial charge on any atom is -0.444 e. The monoisotopic (exact) mass is 267 g/mol. The Bertz CT molecular complexity index is 433. The molecule has 0 saturated carbocycles. The molecular weight excluding hydrogens is 246 g/mol. The first-order valence-electron chi connectivity index (χ1n) is 6.58. The van der Waals surface area contributed by atoms with Crippen LogP contribution in [-0.2, 0) is 22.5 Å². The molecule has 0 bridgehead atoms. The van der Waals surface area contributed by atoms with Crippen LogP contribution >= 0.6 is 0 Å². The molecule has 0 spiro atoms. The lowest BCUT2D eigenvalue weighted by molar-refractivity contribution is -0.125. The quantitative estimate of drug-likeness (QED) is 0.845. The molecule has 2 atom stereocenters.